The number of ether oxygens (including phenoxy) is 1. The Bertz CT molecular complexity index is 845. The summed E-state index contributed by atoms with van der Waals surface area (Å²) in [5.41, 5.74) is 7.90. The van der Waals surface area contributed by atoms with E-state index in [4.69, 9.17) is 15.6 Å². The quantitative estimate of drug-likeness (QED) is 0.437. The number of imidazole rings is 1. The molecule has 1 fully saturated rings. The van der Waals surface area contributed by atoms with Crippen molar-refractivity contribution in [3.63, 3.8) is 0 Å². The van der Waals surface area contributed by atoms with Gasteiger partial charge in [-0.05, 0) is 0 Å². The number of nitrogen functional groups attached to an aromatic ring is 1. The van der Waals surface area contributed by atoms with Crippen LogP contribution in [0.3, 0.4) is 0 Å². The van der Waals surface area contributed by atoms with Gasteiger partial charge < -0.3 is 25.8 Å². The van der Waals surface area contributed by atoms with Gasteiger partial charge in [0.2, 0.25) is 0 Å². The van der Waals surface area contributed by atoms with E-state index in [1.807, 2.05) is 0 Å². The Labute approximate surface area is 123 Å². The molecule has 0 aromatic carbocycles. The van der Waals surface area contributed by atoms with E-state index >= 15 is 0 Å². The molecule has 1 saturated heterocycles. The molecule has 0 amide bonds. The topological polar surface area (TPSA) is 144 Å². The van der Waals surface area contributed by atoms with E-state index in [0.717, 1.165) is 0 Å². The van der Waals surface area contributed by atoms with Crippen LogP contribution in [0.25, 0.3) is 16.7 Å². The highest BCUT2D eigenvalue weighted by Crippen LogP contribution is 2.32. The third-order valence-corrected chi connectivity index (χ3v) is 3.90. The van der Waals surface area contributed by atoms with Crippen LogP contribution in [-0.4, -0.2) is 64.4 Å². The molecule has 5 N–H and O–H groups in total. The van der Waals surface area contributed by atoms with E-state index in [-0.39, 0.29) is 0 Å². The number of fused-ring (bicyclic) bond motifs is 3. The van der Waals surface area contributed by atoms with Gasteiger partial charge in [0.1, 0.15) is 35.7 Å². The van der Waals surface area contributed by atoms with Gasteiger partial charge in [-0.15, -0.1) is 0 Å². The number of hydrogen-bond acceptors (Lipinski definition) is 8. The second kappa shape index (κ2) is 4.61. The second-order valence-corrected chi connectivity index (χ2v) is 5.19. The molecule has 4 rings (SSSR count). The standard InChI is InChI=1S/C12H14N6O4/c13-5-1-16-18-4-15-11-7(8(5)18)14-3-17(11)12-10(21)9(20)6(2-19)22-12/h1,3-4,6,9-10,12,19-21H,2,13H2/t6-,9-,10-,12-/m1/s1. The molecule has 4 heterocycles. The lowest BCUT2D eigenvalue weighted by atomic mass is 10.1. The van der Waals surface area contributed by atoms with E-state index in [1.165, 1.54) is 27.9 Å². The van der Waals surface area contributed by atoms with Gasteiger partial charge in [-0.3, -0.25) is 4.57 Å². The van der Waals surface area contributed by atoms with Gasteiger partial charge in [0.25, 0.3) is 0 Å². The van der Waals surface area contributed by atoms with Crippen LogP contribution in [0.1, 0.15) is 6.23 Å². The van der Waals surface area contributed by atoms with Gasteiger partial charge in [0.05, 0.1) is 24.8 Å². The van der Waals surface area contributed by atoms with Gasteiger partial charge in [0, 0.05) is 0 Å². The minimum Gasteiger partial charge on any atom is -0.396 e. The van der Waals surface area contributed by atoms with Crippen LogP contribution in [0.15, 0.2) is 18.9 Å². The number of aliphatic hydroxyl groups is 3. The monoisotopic (exact) mass is 306 g/mol. The third kappa shape index (κ3) is 1.66. The summed E-state index contributed by atoms with van der Waals surface area (Å²) in [6, 6.07) is 0. The van der Waals surface area contributed by atoms with Crippen LogP contribution >= 0.6 is 0 Å². The zero-order valence-electron chi connectivity index (χ0n) is 11.3. The number of anilines is 1. The summed E-state index contributed by atoms with van der Waals surface area (Å²) < 4.78 is 8.50. The molecule has 0 radical (unpaired) electrons. The number of aromatic nitrogens is 5. The fourth-order valence-electron chi connectivity index (χ4n) is 2.76. The molecular weight excluding hydrogens is 292 g/mol. The number of nitrogens with two attached hydrogens (primary N) is 1. The van der Waals surface area contributed by atoms with Crippen molar-refractivity contribution >= 4 is 22.4 Å². The highest BCUT2D eigenvalue weighted by Gasteiger charge is 2.44. The smallest absolute Gasteiger partial charge is 0.166 e. The Balaban J connectivity index is 1.86. The zero-order valence-corrected chi connectivity index (χ0v) is 11.3. The summed E-state index contributed by atoms with van der Waals surface area (Å²) >= 11 is 0. The third-order valence-electron chi connectivity index (χ3n) is 3.90. The number of rotatable bonds is 2. The molecule has 3 aromatic rings. The summed E-state index contributed by atoms with van der Waals surface area (Å²) in [5.74, 6) is 0. The van der Waals surface area contributed by atoms with E-state index in [2.05, 4.69) is 15.1 Å². The average molecular weight is 306 g/mol. The number of nitrogens with zero attached hydrogens (tertiary/aromatic N) is 5. The normalized spacial score (nSPS) is 28.9. The molecule has 116 valence electrons. The van der Waals surface area contributed by atoms with Crippen LogP contribution in [0.4, 0.5) is 5.69 Å². The Morgan fingerprint density at radius 2 is 2.05 bits per heavy atom. The van der Waals surface area contributed by atoms with Crippen molar-refractivity contribution in [1.82, 2.24) is 24.1 Å². The summed E-state index contributed by atoms with van der Waals surface area (Å²) in [6.07, 6.45) is 0.295. The maximum atomic E-state index is 10.1. The van der Waals surface area contributed by atoms with Crippen molar-refractivity contribution < 1.29 is 20.1 Å². The lowest BCUT2D eigenvalue weighted by Crippen LogP contribution is -2.33. The van der Waals surface area contributed by atoms with E-state index in [1.54, 1.807) is 0 Å². The molecule has 1 aliphatic heterocycles. The van der Waals surface area contributed by atoms with Gasteiger partial charge in [-0.1, -0.05) is 0 Å². The minimum atomic E-state index is -1.20. The van der Waals surface area contributed by atoms with Crippen LogP contribution < -0.4 is 5.73 Å². The first kappa shape index (κ1) is 13.4. The van der Waals surface area contributed by atoms with Crippen molar-refractivity contribution in [2.75, 3.05) is 12.3 Å². The first-order valence-electron chi connectivity index (χ1n) is 6.68. The van der Waals surface area contributed by atoms with Crippen LogP contribution in [0.2, 0.25) is 0 Å². The van der Waals surface area contributed by atoms with Crippen LogP contribution in [0, 0.1) is 0 Å². The fourth-order valence-corrected chi connectivity index (χ4v) is 2.76. The lowest BCUT2D eigenvalue weighted by molar-refractivity contribution is -0.0511. The summed E-state index contributed by atoms with van der Waals surface area (Å²) in [6.45, 7) is -0.394. The van der Waals surface area contributed by atoms with Crippen molar-refractivity contribution in [2.45, 2.75) is 24.5 Å². The maximum absolute atomic E-state index is 10.1. The Hall–Kier alpha value is -2.27. The summed E-state index contributed by atoms with van der Waals surface area (Å²) in [5, 5.41) is 33.2. The van der Waals surface area contributed by atoms with E-state index in [0.29, 0.717) is 22.4 Å². The molecule has 0 spiro atoms. The lowest BCUT2D eigenvalue weighted by Gasteiger charge is -2.16. The predicted molar refractivity (Wildman–Crippen MR) is 73.7 cm³/mol. The zero-order chi connectivity index (χ0) is 15.4. The molecule has 0 saturated carbocycles. The maximum Gasteiger partial charge on any atom is 0.166 e. The van der Waals surface area contributed by atoms with Crippen molar-refractivity contribution in [3.05, 3.63) is 18.9 Å². The highest BCUT2D eigenvalue weighted by atomic mass is 16.6. The number of hydrogen-bond donors (Lipinski definition) is 4. The SMILES string of the molecule is Nc1cnn2cnc3c(ncn3[C@@H]3O[C@H](CO)[C@@H](O)[C@H]3O)c12. The molecular formula is C12H14N6O4. The molecule has 0 aliphatic carbocycles. The molecule has 22 heavy (non-hydrogen) atoms. The fraction of sp³-hybridized carbons (Fsp3) is 0.417. The van der Waals surface area contributed by atoms with Gasteiger partial charge >= 0.3 is 0 Å². The van der Waals surface area contributed by atoms with Gasteiger partial charge in [-0.2, -0.15) is 5.10 Å². The summed E-state index contributed by atoms with van der Waals surface area (Å²) in [4.78, 5) is 8.51. The minimum absolute atomic E-state index is 0.394. The molecule has 1 aliphatic rings. The van der Waals surface area contributed by atoms with Crippen molar-refractivity contribution in [2.24, 2.45) is 0 Å². The number of aliphatic hydroxyl groups excluding tert-OH is 3. The molecule has 0 unspecified atom stereocenters. The van der Waals surface area contributed by atoms with Crippen molar-refractivity contribution in [1.29, 1.82) is 0 Å². The first-order valence-corrected chi connectivity index (χ1v) is 6.68. The van der Waals surface area contributed by atoms with Gasteiger partial charge in [0.15, 0.2) is 11.9 Å². The summed E-state index contributed by atoms with van der Waals surface area (Å²) in [7, 11) is 0. The largest absolute Gasteiger partial charge is 0.396 e. The Morgan fingerprint density at radius 3 is 2.77 bits per heavy atom. The highest BCUT2D eigenvalue weighted by molar-refractivity contribution is 5.94. The molecule has 3 aromatic heterocycles. The predicted octanol–water partition coefficient (Wildman–Crippen LogP) is -1.73. The molecule has 10 nitrogen and oxygen atoms in total. The van der Waals surface area contributed by atoms with E-state index in [9.17, 15) is 10.2 Å². The first-order chi connectivity index (χ1) is 10.6. The van der Waals surface area contributed by atoms with E-state index < -0.39 is 31.1 Å². The Morgan fingerprint density at radius 1 is 1.23 bits per heavy atom. The molecule has 0 bridgehead atoms. The molecule has 4 atom stereocenters. The van der Waals surface area contributed by atoms with Crippen LogP contribution in [-0.2, 0) is 4.74 Å². The Kier molecular flexibility index (Phi) is 2.81. The van der Waals surface area contributed by atoms with Gasteiger partial charge in [-0.25, -0.2) is 14.5 Å². The van der Waals surface area contributed by atoms with Crippen LogP contribution in [0.5, 0.6) is 0 Å². The molecule has 10 heteroatoms. The van der Waals surface area contributed by atoms with Crippen molar-refractivity contribution in [3.8, 4) is 0 Å². The second-order valence-electron chi connectivity index (χ2n) is 5.19. The average Bonchev–Trinajstić information content (AvgIpc) is 3.17.